The molecule has 20 heavy (non-hydrogen) atoms. The lowest BCUT2D eigenvalue weighted by molar-refractivity contribution is 0.0614. The van der Waals surface area contributed by atoms with E-state index in [-0.39, 0.29) is 12.3 Å². The second kappa shape index (κ2) is 7.31. The molecule has 1 atom stereocenters. The van der Waals surface area contributed by atoms with Crippen molar-refractivity contribution in [2.24, 2.45) is 0 Å². The van der Waals surface area contributed by atoms with Gasteiger partial charge < -0.3 is 10.8 Å². The Hall–Kier alpha value is -0.760. The zero-order chi connectivity index (χ0) is 15.2. The van der Waals surface area contributed by atoms with E-state index in [1.54, 1.807) is 19.1 Å². The molecule has 0 amide bonds. The van der Waals surface area contributed by atoms with Crippen LogP contribution in [0.4, 0.5) is 5.69 Å². The van der Waals surface area contributed by atoms with Gasteiger partial charge in [0.15, 0.2) is 0 Å². The van der Waals surface area contributed by atoms with E-state index in [4.69, 9.17) is 5.73 Å². The van der Waals surface area contributed by atoms with Gasteiger partial charge in [-0.05, 0) is 37.6 Å². The first-order chi connectivity index (χ1) is 9.24. The molecular formula is C13H22N2O3S2. The fourth-order valence-corrected chi connectivity index (χ4v) is 3.75. The molecule has 0 aliphatic heterocycles. The first-order valence-corrected chi connectivity index (χ1v) is 9.06. The highest BCUT2D eigenvalue weighted by atomic mass is 32.2. The number of nitrogens with two attached hydrogens (primary N) is 1. The quantitative estimate of drug-likeness (QED) is 0.498. The molecule has 0 saturated carbocycles. The van der Waals surface area contributed by atoms with Crippen LogP contribution in [0.25, 0.3) is 0 Å². The maximum absolute atomic E-state index is 11.8. The van der Waals surface area contributed by atoms with Crippen LogP contribution < -0.4 is 10.5 Å². The van der Waals surface area contributed by atoms with Crippen molar-refractivity contribution in [3.05, 3.63) is 24.3 Å². The van der Waals surface area contributed by atoms with Gasteiger partial charge >= 0.3 is 0 Å². The molecule has 1 unspecified atom stereocenters. The van der Waals surface area contributed by atoms with E-state index < -0.39 is 15.6 Å². The predicted octanol–water partition coefficient (Wildman–Crippen LogP) is 1.44. The van der Waals surface area contributed by atoms with Crippen LogP contribution in [0.5, 0.6) is 0 Å². The molecule has 0 aliphatic carbocycles. The first kappa shape index (κ1) is 17.3. The number of anilines is 1. The SMILES string of the molecule is CCC(C)(O)CNS(=O)(=O)CCSc1ccc(N)cc1. The third kappa shape index (κ3) is 6.60. The third-order valence-electron chi connectivity index (χ3n) is 2.94. The molecule has 0 saturated heterocycles. The molecule has 0 aliphatic rings. The van der Waals surface area contributed by atoms with Gasteiger partial charge in [-0.1, -0.05) is 6.92 Å². The van der Waals surface area contributed by atoms with Crippen molar-refractivity contribution in [1.82, 2.24) is 4.72 Å². The van der Waals surface area contributed by atoms with Crippen molar-refractivity contribution in [2.75, 3.05) is 23.8 Å². The highest BCUT2D eigenvalue weighted by Gasteiger charge is 2.20. The lowest BCUT2D eigenvalue weighted by atomic mass is 10.1. The molecule has 1 aromatic rings. The lowest BCUT2D eigenvalue weighted by Crippen LogP contribution is -2.41. The van der Waals surface area contributed by atoms with Crippen LogP contribution in [0.2, 0.25) is 0 Å². The van der Waals surface area contributed by atoms with Crippen LogP contribution in [0.3, 0.4) is 0 Å². The molecule has 1 aromatic carbocycles. The molecule has 114 valence electrons. The maximum Gasteiger partial charge on any atom is 0.212 e. The largest absolute Gasteiger partial charge is 0.399 e. The number of nitrogens with one attached hydrogen (secondary N) is 1. The first-order valence-electron chi connectivity index (χ1n) is 6.42. The van der Waals surface area contributed by atoms with Gasteiger partial charge in [0.1, 0.15) is 0 Å². The molecule has 0 radical (unpaired) electrons. The van der Waals surface area contributed by atoms with Gasteiger partial charge in [0.2, 0.25) is 10.0 Å². The molecule has 0 spiro atoms. The van der Waals surface area contributed by atoms with Crippen molar-refractivity contribution in [1.29, 1.82) is 0 Å². The van der Waals surface area contributed by atoms with E-state index in [0.29, 0.717) is 17.9 Å². The van der Waals surface area contributed by atoms with E-state index >= 15 is 0 Å². The Bertz CT molecular complexity index is 513. The summed E-state index contributed by atoms with van der Waals surface area (Å²) in [4.78, 5) is 0.981. The van der Waals surface area contributed by atoms with Gasteiger partial charge in [0, 0.05) is 22.9 Å². The Labute approximate surface area is 125 Å². The van der Waals surface area contributed by atoms with Crippen molar-refractivity contribution in [3.8, 4) is 0 Å². The summed E-state index contributed by atoms with van der Waals surface area (Å²) in [6.45, 7) is 3.46. The molecule has 0 heterocycles. The smallest absolute Gasteiger partial charge is 0.212 e. The highest BCUT2D eigenvalue weighted by Crippen LogP contribution is 2.19. The number of hydrogen-bond donors (Lipinski definition) is 3. The topological polar surface area (TPSA) is 92.4 Å². The molecule has 5 nitrogen and oxygen atoms in total. The molecule has 0 fully saturated rings. The van der Waals surface area contributed by atoms with Gasteiger partial charge in [0.25, 0.3) is 0 Å². The molecule has 0 aromatic heterocycles. The van der Waals surface area contributed by atoms with E-state index in [1.807, 2.05) is 19.1 Å². The summed E-state index contributed by atoms with van der Waals surface area (Å²) < 4.78 is 26.0. The van der Waals surface area contributed by atoms with E-state index in [2.05, 4.69) is 4.72 Å². The second-order valence-electron chi connectivity index (χ2n) is 4.91. The summed E-state index contributed by atoms with van der Waals surface area (Å²) in [5.74, 6) is 0.468. The summed E-state index contributed by atoms with van der Waals surface area (Å²) in [6.07, 6.45) is 0.496. The summed E-state index contributed by atoms with van der Waals surface area (Å²) >= 11 is 1.46. The van der Waals surface area contributed by atoms with Gasteiger partial charge in [0.05, 0.1) is 11.4 Å². The van der Waals surface area contributed by atoms with Crippen LogP contribution in [-0.2, 0) is 10.0 Å². The molecule has 0 bridgehead atoms. The summed E-state index contributed by atoms with van der Waals surface area (Å²) in [5, 5.41) is 9.77. The fourth-order valence-electron chi connectivity index (χ4n) is 1.30. The summed E-state index contributed by atoms with van der Waals surface area (Å²) in [6, 6.07) is 7.30. The minimum absolute atomic E-state index is 0.0157. The zero-order valence-corrected chi connectivity index (χ0v) is 13.4. The molecule has 1 rings (SSSR count). The lowest BCUT2D eigenvalue weighted by Gasteiger charge is -2.21. The van der Waals surface area contributed by atoms with Crippen molar-refractivity contribution in [2.45, 2.75) is 30.8 Å². The number of benzene rings is 1. The highest BCUT2D eigenvalue weighted by molar-refractivity contribution is 8.00. The summed E-state index contributed by atoms with van der Waals surface area (Å²) in [5.41, 5.74) is 5.26. The van der Waals surface area contributed by atoms with Gasteiger partial charge in [-0.3, -0.25) is 0 Å². The number of hydrogen-bond acceptors (Lipinski definition) is 5. The number of thioether (sulfide) groups is 1. The molecular weight excluding hydrogens is 296 g/mol. The molecule has 4 N–H and O–H groups in total. The third-order valence-corrected chi connectivity index (χ3v) is 5.53. The van der Waals surface area contributed by atoms with Gasteiger partial charge in [-0.15, -0.1) is 11.8 Å². The number of aliphatic hydroxyl groups is 1. The average Bonchev–Trinajstić information content (AvgIpc) is 2.39. The van der Waals surface area contributed by atoms with E-state index in [9.17, 15) is 13.5 Å². The predicted molar refractivity (Wildman–Crippen MR) is 84.3 cm³/mol. The normalized spacial score (nSPS) is 14.9. The molecule has 7 heteroatoms. The summed E-state index contributed by atoms with van der Waals surface area (Å²) in [7, 11) is -3.36. The van der Waals surface area contributed by atoms with Gasteiger partial charge in [-0.25, -0.2) is 13.1 Å². The average molecular weight is 318 g/mol. The Kier molecular flexibility index (Phi) is 6.32. The Morgan fingerprint density at radius 1 is 1.35 bits per heavy atom. The monoisotopic (exact) mass is 318 g/mol. The van der Waals surface area contributed by atoms with Crippen molar-refractivity contribution < 1.29 is 13.5 Å². The van der Waals surface area contributed by atoms with Crippen LogP contribution in [0.1, 0.15) is 20.3 Å². The second-order valence-corrected chi connectivity index (χ2v) is 8.00. The Balaban J connectivity index is 2.38. The standard InChI is InChI=1S/C13H22N2O3S2/c1-3-13(2,16)10-15-20(17,18)9-8-19-12-6-4-11(14)5-7-12/h4-7,15-16H,3,8-10,14H2,1-2H3. The number of nitrogen functional groups attached to an aromatic ring is 1. The van der Waals surface area contributed by atoms with Crippen molar-refractivity contribution >= 4 is 27.5 Å². The Morgan fingerprint density at radius 3 is 2.50 bits per heavy atom. The van der Waals surface area contributed by atoms with Crippen molar-refractivity contribution in [3.63, 3.8) is 0 Å². The number of sulfonamides is 1. The Morgan fingerprint density at radius 2 is 1.95 bits per heavy atom. The minimum atomic E-state index is -3.36. The number of rotatable bonds is 8. The van der Waals surface area contributed by atoms with Crippen LogP contribution in [0, 0.1) is 0 Å². The fraction of sp³-hybridized carbons (Fsp3) is 0.538. The van der Waals surface area contributed by atoms with E-state index in [0.717, 1.165) is 4.90 Å². The van der Waals surface area contributed by atoms with Crippen LogP contribution in [0.15, 0.2) is 29.2 Å². The maximum atomic E-state index is 11.8. The van der Waals surface area contributed by atoms with Crippen LogP contribution >= 0.6 is 11.8 Å². The van der Waals surface area contributed by atoms with Crippen LogP contribution in [-0.4, -0.2) is 37.2 Å². The zero-order valence-electron chi connectivity index (χ0n) is 11.8. The van der Waals surface area contributed by atoms with E-state index in [1.165, 1.54) is 11.8 Å². The minimum Gasteiger partial charge on any atom is -0.399 e. The van der Waals surface area contributed by atoms with Gasteiger partial charge in [-0.2, -0.15) is 0 Å².